The molecule has 1 aromatic carbocycles. The summed E-state index contributed by atoms with van der Waals surface area (Å²) in [4.78, 5) is 26.0. The molecule has 1 aliphatic heterocycles. The van der Waals surface area contributed by atoms with Gasteiger partial charge >= 0.3 is 0 Å². The van der Waals surface area contributed by atoms with Crippen molar-refractivity contribution in [3.63, 3.8) is 0 Å². The zero-order chi connectivity index (χ0) is 20.2. The lowest BCUT2D eigenvalue weighted by molar-refractivity contribution is -0.132. The standard InChI is InChI=1S/C20H24N6O3/c1-26-7-3-6-21-9-13-10-22-19-18(13)20(24-12-23-19)25-14-4-5-15(28-2)16(8-14)29-11-17(26)27/h4-5,8,10,12,21H,3,6-7,9,11H2,1-2H3,(H2,22,23,24,25). The number of aromatic amines is 1. The number of rotatable bonds is 1. The van der Waals surface area contributed by atoms with E-state index in [-0.39, 0.29) is 12.5 Å². The van der Waals surface area contributed by atoms with E-state index in [1.165, 1.54) is 6.33 Å². The average molecular weight is 396 g/mol. The second-order valence-electron chi connectivity index (χ2n) is 6.88. The summed E-state index contributed by atoms with van der Waals surface area (Å²) in [5.74, 6) is 1.68. The highest BCUT2D eigenvalue weighted by atomic mass is 16.5. The number of likely N-dealkylation sites (N-methyl/N-ethyl adjacent to an activating group) is 1. The van der Waals surface area contributed by atoms with Crippen LogP contribution in [-0.2, 0) is 11.3 Å². The number of nitrogens with one attached hydrogen (secondary N) is 3. The largest absolute Gasteiger partial charge is 0.493 e. The summed E-state index contributed by atoms with van der Waals surface area (Å²) >= 11 is 0. The smallest absolute Gasteiger partial charge is 0.260 e. The van der Waals surface area contributed by atoms with Crippen molar-refractivity contribution in [1.29, 1.82) is 0 Å². The molecule has 0 fully saturated rings. The molecule has 1 amide bonds. The molecule has 2 bridgehead atoms. The summed E-state index contributed by atoms with van der Waals surface area (Å²) in [7, 11) is 3.36. The van der Waals surface area contributed by atoms with Crippen LogP contribution in [0.2, 0.25) is 0 Å². The van der Waals surface area contributed by atoms with Crippen LogP contribution >= 0.6 is 0 Å². The van der Waals surface area contributed by atoms with Crippen LogP contribution in [0.25, 0.3) is 11.0 Å². The van der Waals surface area contributed by atoms with Gasteiger partial charge in [0, 0.05) is 38.1 Å². The van der Waals surface area contributed by atoms with Crippen molar-refractivity contribution in [3.8, 4) is 11.5 Å². The third-order valence-corrected chi connectivity index (χ3v) is 4.92. The summed E-state index contributed by atoms with van der Waals surface area (Å²) in [6.45, 7) is 2.06. The Bertz CT molecular complexity index is 1020. The SMILES string of the molecule is COc1ccc2cc1OCC(=O)N(C)CCCNCc1c[nH]c3ncnc(c13)N2. The van der Waals surface area contributed by atoms with Crippen LogP contribution < -0.4 is 20.1 Å². The van der Waals surface area contributed by atoms with Gasteiger partial charge in [-0.3, -0.25) is 4.79 Å². The highest BCUT2D eigenvalue weighted by molar-refractivity contribution is 5.92. The molecular formula is C20H24N6O3. The lowest BCUT2D eigenvalue weighted by Crippen LogP contribution is -2.33. The molecule has 3 N–H and O–H groups in total. The number of anilines is 2. The number of hydrogen-bond acceptors (Lipinski definition) is 7. The molecule has 0 saturated carbocycles. The third kappa shape index (κ3) is 4.09. The zero-order valence-electron chi connectivity index (χ0n) is 16.5. The molecule has 0 aliphatic carbocycles. The van der Waals surface area contributed by atoms with E-state index in [1.54, 1.807) is 31.2 Å². The van der Waals surface area contributed by atoms with Crippen LogP contribution in [0.4, 0.5) is 11.5 Å². The van der Waals surface area contributed by atoms with Crippen molar-refractivity contribution in [2.45, 2.75) is 13.0 Å². The number of carbonyl (C=O) groups is 1. The van der Waals surface area contributed by atoms with Crippen LogP contribution in [0.1, 0.15) is 12.0 Å². The molecule has 1 aliphatic rings. The number of methoxy groups -OCH3 is 1. The Kier molecular flexibility index (Phi) is 5.48. The number of benzene rings is 1. The molecule has 0 spiro atoms. The number of amides is 1. The number of carbonyl (C=O) groups excluding carboxylic acids is 1. The van der Waals surface area contributed by atoms with E-state index in [0.717, 1.165) is 35.2 Å². The van der Waals surface area contributed by atoms with E-state index >= 15 is 0 Å². The summed E-state index contributed by atoms with van der Waals surface area (Å²) < 4.78 is 11.1. The average Bonchev–Trinajstić information content (AvgIpc) is 3.15. The van der Waals surface area contributed by atoms with Gasteiger partial charge < -0.3 is 30.0 Å². The molecule has 9 nitrogen and oxygen atoms in total. The minimum atomic E-state index is -0.0806. The van der Waals surface area contributed by atoms with E-state index in [0.29, 0.717) is 30.4 Å². The topological polar surface area (TPSA) is 104 Å². The molecule has 3 aromatic rings. The fraction of sp³-hybridized carbons (Fsp3) is 0.350. The summed E-state index contributed by atoms with van der Waals surface area (Å²) in [6.07, 6.45) is 4.30. The Hall–Kier alpha value is -3.33. The lowest BCUT2D eigenvalue weighted by atomic mass is 10.2. The molecule has 29 heavy (non-hydrogen) atoms. The van der Waals surface area contributed by atoms with Gasteiger partial charge in [0.25, 0.3) is 5.91 Å². The molecule has 0 radical (unpaired) electrons. The highest BCUT2D eigenvalue weighted by Crippen LogP contribution is 2.33. The molecule has 0 atom stereocenters. The Morgan fingerprint density at radius 2 is 2.17 bits per heavy atom. The number of aromatic nitrogens is 3. The van der Waals surface area contributed by atoms with E-state index in [9.17, 15) is 4.79 Å². The summed E-state index contributed by atoms with van der Waals surface area (Å²) in [6, 6.07) is 5.48. The van der Waals surface area contributed by atoms with Crippen molar-refractivity contribution in [3.05, 3.63) is 36.3 Å². The van der Waals surface area contributed by atoms with Gasteiger partial charge in [-0.05, 0) is 30.7 Å². The zero-order valence-corrected chi connectivity index (χ0v) is 16.5. The molecular weight excluding hydrogens is 372 g/mol. The monoisotopic (exact) mass is 396 g/mol. The predicted molar refractivity (Wildman–Crippen MR) is 110 cm³/mol. The van der Waals surface area contributed by atoms with Gasteiger partial charge in [-0.25, -0.2) is 9.97 Å². The van der Waals surface area contributed by atoms with E-state index in [2.05, 4.69) is 25.6 Å². The third-order valence-electron chi connectivity index (χ3n) is 4.92. The number of hydrogen-bond donors (Lipinski definition) is 3. The van der Waals surface area contributed by atoms with Crippen LogP contribution in [0, 0.1) is 0 Å². The molecule has 2 aromatic heterocycles. The van der Waals surface area contributed by atoms with Crippen molar-refractivity contribution >= 4 is 28.4 Å². The van der Waals surface area contributed by atoms with E-state index in [1.807, 2.05) is 12.3 Å². The van der Waals surface area contributed by atoms with E-state index in [4.69, 9.17) is 9.47 Å². The van der Waals surface area contributed by atoms with Crippen molar-refractivity contribution in [2.24, 2.45) is 0 Å². The Morgan fingerprint density at radius 1 is 1.28 bits per heavy atom. The Labute approximate surface area is 168 Å². The maximum Gasteiger partial charge on any atom is 0.260 e. The second kappa shape index (κ2) is 8.36. The highest BCUT2D eigenvalue weighted by Gasteiger charge is 2.15. The van der Waals surface area contributed by atoms with Crippen LogP contribution in [0.3, 0.4) is 0 Å². The van der Waals surface area contributed by atoms with Crippen LogP contribution in [0.15, 0.2) is 30.7 Å². The first-order chi connectivity index (χ1) is 14.2. The first kappa shape index (κ1) is 19.0. The molecule has 152 valence electrons. The van der Waals surface area contributed by atoms with Crippen LogP contribution in [-0.4, -0.2) is 59.6 Å². The van der Waals surface area contributed by atoms with Crippen molar-refractivity contribution in [1.82, 2.24) is 25.2 Å². The minimum Gasteiger partial charge on any atom is -0.493 e. The fourth-order valence-corrected chi connectivity index (χ4v) is 3.30. The molecule has 0 saturated heterocycles. The molecule has 4 rings (SSSR count). The fourth-order valence-electron chi connectivity index (χ4n) is 3.30. The second-order valence-corrected chi connectivity index (χ2v) is 6.88. The van der Waals surface area contributed by atoms with Gasteiger partial charge in [-0.1, -0.05) is 0 Å². The summed E-state index contributed by atoms with van der Waals surface area (Å²) in [5, 5.41) is 7.70. The van der Waals surface area contributed by atoms with Gasteiger partial charge in [-0.15, -0.1) is 0 Å². The van der Waals surface area contributed by atoms with Crippen molar-refractivity contribution in [2.75, 3.05) is 39.2 Å². The first-order valence-corrected chi connectivity index (χ1v) is 9.49. The maximum absolute atomic E-state index is 12.4. The summed E-state index contributed by atoms with van der Waals surface area (Å²) in [5.41, 5.74) is 2.62. The minimum absolute atomic E-state index is 0.0521. The molecule has 0 unspecified atom stereocenters. The van der Waals surface area contributed by atoms with E-state index < -0.39 is 0 Å². The maximum atomic E-state index is 12.4. The van der Waals surface area contributed by atoms with Gasteiger partial charge in [0.15, 0.2) is 18.1 Å². The Morgan fingerprint density at radius 3 is 3.03 bits per heavy atom. The molecule has 3 heterocycles. The van der Waals surface area contributed by atoms with Gasteiger partial charge in [-0.2, -0.15) is 0 Å². The molecule has 9 heteroatoms. The predicted octanol–water partition coefficient (Wildman–Crippen LogP) is 2.04. The number of H-pyrrole nitrogens is 1. The number of fused-ring (bicyclic) bond motifs is 2. The normalized spacial score (nSPS) is 15.7. The van der Waals surface area contributed by atoms with Gasteiger partial charge in [0.2, 0.25) is 0 Å². The van der Waals surface area contributed by atoms with Gasteiger partial charge in [0.05, 0.1) is 12.5 Å². The van der Waals surface area contributed by atoms with Gasteiger partial charge in [0.1, 0.15) is 17.8 Å². The quantitative estimate of drug-likeness (QED) is 0.578. The lowest BCUT2D eigenvalue weighted by Gasteiger charge is -2.19. The van der Waals surface area contributed by atoms with Crippen LogP contribution in [0.5, 0.6) is 11.5 Å². The number of nitrogens with zero attached hydrogens (tertiary/aromatic N) is 3. The number of ether oxygens (including phenoxy) is 2. The Balaban J connectivity index is 1.72. The van der Waals surface area contributed by atoms with Crippen molar-refractivity contribution < 1.29 is 14.3 Å². The first-order valence-electron chi connectivity index (χ1n) is 9.49.